The Kier molecular flexibility index (Phi) is 4.44. The maximum absolute atomic E-state index is 13.1. The second-order valence-corrected chi connectivity index (χ2v) is 5.30. The van der Waals surface area contributed by atoms with Crippen LogP contribution in [0.15, 0.2) is 53.3 Å². The highest BCUT2D eigenvalue weighted by Gasteiger charge is 2.15. The Morgan fingerprint density at radius 3 is 2.64 bits per heavy atom. The van der Waals surface area contributed by atoms with E-state index in [9.17, 15) is 14.9 Å². The van der Waals surface area contributed by atoms with Crippen LogP contribution in [0, 0.1) is 11.3 Å². The van der Waals surface area contributed by atoms with Crippen LogP contribution in [0.25, 0.3) is 16.6 Å². The maximum Gasteiger partial charge on any atom is 0.404 e. The monoisotopic (exact) mass is 334 g/mol. The van der Waals surface area contributed by atoms with Crippen LogP contribution in [0.5, 0.6) is 0 Å². The fourth-order valence-electron chi connectivity index (χ4n) is 2.66. The van der Waals surface area contributed by atoms with Gasteiger partial charge in [0, 0.05) is 13.0 Å². The van der Waals surface area contributed by atoms with E-state index < -0.39 is 6.09 Å². The number of benzene rings is 2. The summed E-state index contributed by atoms with van der Waals surface area (Å²) in [6, 6.07) is 15.9. The van der Waals surface area contributed by atoms with E-state index in [-0.39, 0.29) is 29.5 Å². The molecule has 0 spiro atoms. The molecule has 0 aliphatic carbocycles. The molecule has 25 heavy (non-hydrogen) atoms. The molecule has 7 heteroatoms. The van der Waals surface area contributed by atoms with Crippen LogP contribution in [0.1, 0.15) is 11.4 Å². The molecule has 1 aromatic heterocycles. The largest absolute Gasteiger partial charge is 0.465 e. The summed E-state index contributed by atoms with van der Waals surface area (Å²) in [5.41, 5.74) is 0.940. The number of nitrogens with one attached hydrogen (secondary N) is 1. The van der Waals surface area contributed by atoms with Crippen molar-refractivity contribution in [1.29, 1.82) is 5.26 Å². The molecule has 3 aromatic rings. The fourth-order valence-corrected chi connectivity index (χ4v) is 2.66. The zero-order chi connectivity index (χ0) is 17.8. The molecule has 2 N–H and O–H groups in total. The van der Waals surface area contributed by atoms with Crippen LogP contribution in [-0.2, 0) is 6.42 Å². The number of carbonyl (C=O) groups is 1. The van der Waals surface area contributed by atoms with E-state index in [2.05, 4.69) is 10.3 Å². The normalized spacial score (nSPS) is 10.4. The molecule has 0 atom stereocenters. The van der Waals surface area contributed by atoms with Crippen molar-refractivity contribution < 1.29 is 9.90 Å². The molecule has 0 saturated carbocycles. The zero-order valence-electron chi connectivity index (χ0n) is 13.1. The van der Waals surface area contributed by atoms with E-state index in [4.69, 9.17) is 5.11 Å². The fraction of sp³-hybridized carbons (Fsp3) is 0.111. The second-order valence-electron chi connectivity index (χ2n) is 5.30. The lowest BCUT2D eigenvalue weighted by Gasteiger charge is -2.14. The van der Waals surface area contributed by atoms with Gasteiger partial charge in [-0.2, -0.15) is 5.26 Å². The molecule has 2 aromatic carbocycles. The SMILES string of the molecule is N#Cc1cccc2nc(CCNC(=O)O)n(-c3ccccc3)c(=O)c12. The number of rotatable bonds is 4. The summed E-state index contributed by atoms with van der Waals surface area (Å²) in [4.78, 5) is 28.2. The van der Waals surface area contributed by atoms with E-state index >= 15 is 0 Å². The Balaban J connectivity index is 2.24. The number of carboxylic acid groups (broad SMARTS) is 1. The number of nitrogens with zero attached hydrogens (tertiary/aromatic N) is 3. The van der Waals surface area contributed by atoms with E-state index in [1.165, 1.54) is 4.57 Å². The molecular weight excluding hydrogens is 320 g/mol. The Morgan fingerprint density at radius 2 is 1.96 bits per heavy atom. The third-order valence-corrected chi connectivity index (χ3v) is 3.73. The predicted molar refractivity (Wildman–Crippen MR) is 91.8 cm³/mol. The lowest BCUT2D eigenvalue weighted by atomic mass is 10.1. The van der Waals surface area contributed by atoms with E-state index in [1.807, 2.05) is 12.1 Å². The second kappa shape index (κ2) is 6.84. The first-order valence-electron chi connectivity index (χ1n) is 7.59. The molecule has 1 heterocycles. The summed E-state index contributed by atoms with van der Waals surface area (Å²) in [7, 11) is 0. The molecule has 0 aliphatic rings. The minimum atomic E-state index is -1.14. The first kappa shape index (κ1) is 16.2. The van der Waals surface area contributed by atoms with Crippen molar-refractivity contribution in [2.24, 2.45) is 0 Å². The van der Waals surface area contributed by atoms with Crippen LogP contribution < -0.4 is 10.9 Å². The summed E-state index contributed by atoms with van der Waals surface area (Å²) < 4.78 is 1.42. The molecule has 0 bridgehead atoms. The Bertz CT molecular complexity index is 1040. The quantitative estimate of drug-likeness (QED) is 0.759. The van der Waals surface area contributed by atoms with Crippen molar-refractivity contribution in [3.05, 3.63) is 70.3 Å². The van der Waals surface area contributed by atoms with Gasteiger partial charge in [0.15, 0.2) is 0 Å². The van der Waals surface area contributed by atoms with Gasteiger partial charge in [0.1, 0.15) is 11.9 Å². The van der Waals surface area contributed by atoms with Gasteiger partial charge in [0.25, 0.3) is 5.56 Å². The van der Waals surface area contributed by atoms with Gasteiger partial charge in [0.05, 0.1) is 22.2 Å². The predicted octanol–water partition coefficient (Wildman–Crippen LogP) is 2.07. The average molecular weight is 334 g/mol. The molecule has 0 unspecified atom stereocenters. The Morgan fingerprint density at radius 1 is 1.20 bits per heavy atom. The van der Waals surface area contributed by atoms with Gasteiger partial charge in [-0.25, -0.2) is 9.78 Å². The summed E-state index contributed by atoms with van der Waals surface area (Å²) in [5, 5.41) is 20.6. The molecule has 0 radical (unpaired) electrons. The van der Waals surface area contributed by atoms with Gasteiger partial charge in [0.2, 0.25) is 0 Å². The van der Waals surface area contributed by atoms with Gasteiger partial charge >= 0.3 is 6.09 Å². The van der Waals surface area contributed by atoms with Gasteiger partial charge in [-0.1, -0.05) is 24.3 Å². The van der Waals surface area contributed by atoms with E-state index in [0.29, 0.717) is 17.0 Å². The lowest BCUT2D eigenvalue weighted by molar-refractivity contribution is 0.194. The topological polar surface area (TPSA) is 108 Å². The standard InChI is InChI=1S/C18H14N4O3/c19-11-12-5-4-8-14-16(12)17(23)22(13-6-2-1-3-7-13)15(21-14)9-10-20-18(24)25/h1-8,20H,9-10H2,(H,24,25). The molecule has 7 nitrogen and oxygen atoms in total. The number of para-hydroxylation sites is 1. The minimum Gasteiger partial charge on any atom is -0.465 e. The molecule has 1 amide bonds. The van der Waals surface area contributed by atoms with Gasteiger partial charge in [-0.15, -0.1) is 0 Å². The van der Waals surface area contributed by atoms with Gasteiger partial charge < -0.3 is 10.4 Å². The summed E-state index contributed by atoms with van der Waals surface area (Å²) in [5.74, 6) is 0.424. The number of amides is 1. The molecule has 0 saturated heterocycles. The summed E-state index contributed by atoms with van der Waals surface area (Å²) in [6.45, 7) is 0.123. The first-order chi connectivity index (χ1) is 12.1. The van der Waals surface area contributed by atoms with Crippen molar-refractivity contribution >= 4 is 17.0 Å². The van der Waals surface area contributed by atoms with Crippen molar-refractivity contribution in [3.63, 3.8) is 0 Å². The van der Waals surface area contributed by atoms with Crippen LogP contribution in [0.4, 0.5) is 4.79 Å². The highest BCUT2D eigenvalue weighted by atomic mass is 16.4. The molecule has 124 valence electrons. The van der Waals surface area contributed by atoms with E-state index in [1.54, 1.807) is 42.5 Å². The lowest BCUT2D eigenvalue weighted by Crippen LogP contribution is -2.29. The van der Waals surface area contributed by atoms with Crippen LogP contribution in [0.2, 0.25) is 0 Å². The van der Waals surface area contributed by atoms with Crippen LogP contribution in [0.3, 0.4) is 0 Å². The molecular formula is C18H14N4O3. The minimum absolute atomic E-state index is 0.123. The smallest absolute Gasteiger partial charge is 0.404 e. The van der Waals surface area contributed by atoms with Crippen molar-refractivity contribution in [1.82, 2.24) is 14.9 Å². The number of hydrogen-bond donors (Lipinski definition) is 2. The van der Waals surface area contributed by atoms with Gasteiger partial charge in [-0.05, 0) is 24.3 Å². The zero-order valence-corrected chi connectivity index (χ0v) is 13.1. The highest BCUT2D eigenvalue weighted by Crippen LogP contribution is 2.16. The molecule has 3 rings (SSSR count). The Hall–Kier alpha value is -3.66. The average Bonchev–Trinajstić information content (AvgIpc) is 2.61. The Labute approximate surface area is 142 Å². The van der Waals surface area contributed by atoms with Crippen LogP contribution >= 0.6 is 0 Å². The number of aromatic nitrogens is 2. The van der Waals surface area contributed by atoms with Crippen molar-refractivity contribution in [3.8, 4) is 11.8 Å². The summed E-state index contributed by atoms with van der Waals surface area (Å²) in [6.07, 6.45) is -0.899. The third-order valence-electron chi connectivity index (χ3n) is 3.73. The highest BCUT2D eigenvalue weighted by molar-refractivity contribution is 5.84. The number of nitriles is 1. The van der Waals surface area contributed by atoms with Crippen LogP contribution in [-0.4, -0.2) is 27.3 Å². The number of fused-ring (bicyclic) bond motifs is 1. The van der Waals surface area contributed by atoms with E-state index in [0.717, 1.165) is 0 Å². The first-order valence-corrected chi connectivity index (χ1v) is 7.59. The third kappa shape index (κ3) is 3.19. The number of hydrogen-bond acceptors (Lipinski definition) is 4. The summed E-state index contributed by atoms with van der Waals surface area (Å²) >= 11 is 0. The van der Waals surface area contributed by atoms with Crippen molar-refractivity contribution in [2.45, 2.75) is 6.42 Å². The molecule has 0 aliphatic heterocycles. The molecule has 0 fully saturated rings. The van der Waals surface area contributed by atoms with Gasteiger partial charge in [-0.3, -0.25) is 9.36 Å². The van der Waals surface area contributed by atoms with Crippen molar-refractivity contribution in [2.75, 3.05) is 6.54 Å². The maximum atomic E-state index is 13.1.